The lowest BCUT2D eigenvalue weighted by Gasteiger charge is -2.15. The molecule has 1 aliphatic rings. The summed E-state index contributed by atoms with van der Waals surface area (Å²) in [5, 5.41) is 9.55. The highest BCUT2D eigenvalue weighted by molar-refractivity contribution is 4.92. The molecule has 2 rings (SSSR count). The summed E-state index contributed by atoms with van der Waals surface area (Å²) in [4.78, 5) is 24.3. The Bertz CT molecular complexity index is 512. The fourth-order valence-corrected chi connectivity index (χ4v) is 1.89. The molecular formula is C10H13FN2O4. The van der Waals surface area contributed by atoms with Gasteiger partial charge in [-0.3, -0.25) is 14.3 Å². The first-order valence-electron chi connectivity index (χ1n) is 5.33. The van der Waals surface area contributed by atoms with E-state index in [1.165, 1.54) is 0 Å². The van der Waals surface area contributed by atoms with Crippen molar-refractivity contribution in [3.8, 4) is 0 Å². The minimum absolute atomic E-state index is 0.441. The quantitative estimate of drug-likeness (QED) is 0.737. The number of hydrogen-bond acceptors (Lipinski definition) is 4. The normalized spacial score (nSPS) is 32.9. The number of alkyl halides is 1. The summed E-state index contributed by atoms with van der Waals surface area (Å²) < 4.78 is 20.0. The number of halogens is 1. The topological polar surface area (TPSA) is 84.3 Å². The molecule has 17 heavy (non-hydrogen) atoms. The molecule has 7 heteroatoms. The molecular weight excluding hydrogens is 231 g/mol. The van der Waals surface area contributed by atoms with Crippen LogP contribution in [0.1, 0.15) is 19.6 Å². The third-order valence-electron chi connectivity index (χ3n) is 2.82. The van der Waals surface area contributed by atoms with Crippen LogP contribution in [0.4, 0.5) is 4.39 Å². The first kappa shape index (κ1) is 12.0. The summed E-state index contributed by atoms with van der Waals surface area (Å²) in [5.41, 5.74) is -1.32. The molecule has 1 unspecified atom stereocenters. The highest BCUT2D eigenvalue weighted by Crippen LogP contribution is 2.31. The van der Waals surface area contributed by atoms with Crippen molar-refractivity contribution in [3.63, 3.8) is 0 Å². The van der Waals surface area contributed by atoms with Gasteiger partial charge < -0.3 is 9.84 Å². The van der Waals surface area contributed by atoms with Crippen molar-refractivity contribution in [1.82, 2.24) is 9.55 Å². The molecule has 1 aliphatic heterocycles. The Morgan fingerprint density at radius 1 is 1.59 bits per heavy atom. The average Bonchev–Trinajstić information content (AvgIpc) is 2.57. The van der Waals surface area contributed by atoms with Crippen molar-refractivity contribution in [2.75, 3.05) is 0 Å². The van der Waals surface area contributed by atoms with Crippen LogP contribution in [0.2, 0.25) is 0 Å². The van der Waals surface area contributed by atoms with Crippen molar-refractivity contribution in [1.29, 1.82) is 0 Å². The molecule has 1 saturated heterocycles. The van der Waals surface area contributed by atoms with Gasteiger partial charge in [0.05, 0.1) is 6.10 Å². The van der Waals surface area contributed by atoms with Crippen LogP contribution in [0.3, 0.4) is 0 Å². The summed E-state index contributed by atoms with van der Waals surface area (Å²) in [5.74, 6) is 0. The Hall–Kier alpha value is -1.47. The van der Waals surface area contributed by atoms with E-state index in [9.17, 15) is 19.1 Å². The van der Waals surface area contributed by atoms with E-state index < -0.39 is 35.9 Å². The van der Waals surface area contributed by atoms with Crippen molar-refractivity contribution < 1.29 is 14.2 Å². The van der Waals surface area contributed by atoms with Crippen LogP contribution >= 0.6 is 0 Å². The number of aliphatic hydroxyl groups excluding tert-OH is 1. The van der Waals surface area contributed by atoms with Crippen LogP contribution < -0.4 is 11.2 Å². The molecule has 0 saturated carbocycles. The second-order valence-corrected chi connectivity index (χ2v) is 3.93. The summed E-state index contributed by atoms with van der Waals surface area (Å²) in [7, 11) is 0. The highest BCUT2D eigenvalue weighted by atomic mass is 19.1. The van der Waals surface area contributed by atoms with Crippen molar-refractivity contribution in [2.45, 2.75) is 38.0 Å². The third kappa shape index (κ3) is 2.03. The summed E-state index contributed by atoms with van der Waals surface area (Å²) in [6.07, 6.45) is -3.19. The number of aromatic nitrogens is 2. The van der Waals surface area contributed by atoms with Gasteiger partial charge >= 0.3 is 5.69 Å². The summed E-state index contributed by atoms with van der Waals surface area (Å²) in [6.45, 7) is 1.75. The van der Waals surface area contributed by atoms with Crippen LogP contribution in [0.5, 0.6) is 0 Å². The third-order valence-corrected chi connectivity index (χ3v) is 2.82. The molecule has 1 aromatic rings. The Morgan fingerprint density at radius 2 is 2.29 bits per heavy atom. The second-order valence-electron chi connectivity index (χ2n) is 3.93. The largest absolute Gasteiger partial charge is 0.387 e. The Kier molecular flexibility index (Phi) is 3.12. The Balaban J connectivity index is 2.35. The maximum absolute atomic E-state index is 13.8. The molecule has 2 N–H and O–H groups in total. The molecule has 0 aromatic carbocycles. The maximum atomic E-state index is 13.8. The van der Waals surface area contributed by atoms with E-state index in [-0.39, 0.29) is 0 Å². The average molecular weight is 244 g/mol. The number of rotatable bonds is 2. The zero-order valence-electron chi connectivity index (χ0n) is 9.17. The van der Waals surface area contributed by atoms with E-state index in [1.54, 1.807) is 6.92 Å². The number of hydrogen-bond donors (Lipinski definition) is 2. The van der Waals surface area contributed by atoms with E-state index in [0.29, 0.717) is 6.42 Å². The van der Waals surface area contributed by atoms with Crippen molar-refractivity contribution in [3.05, 3.63) is 33.1 Å². The zero-order valence-corrected chi connectivity index (χ0v) is 9.17. The van der Waals surface area contributed by atoms with Gasteiger partial charge in [-0.05, 0) is 6.42 Å². The van der Waals surface area contributed by atoms with E-state index in [4.69, 9.17) is 4.74 Å². The minimum atomic E-state index is -1.69. The smallest absolute Gasteiger partial charge is 0.330 e. The molecule has 0 bridgehead atoms. The first-order valence-corrected chi connectivity index (χ1v) is 5.33. The lowest BCUT2D eigenvalue weighted by atomic mass is 10.1. The summed E-state index contributed by atoms with van der Waals surface area (Å²) in [6, 6.07) is 1.10. The predicted molar refractivity (Wildman–Crippen MR) is 56.4 cm³/mol. The summed E-state index contributed by atoms with van der Waals surface area (Å²) >= 11 is 0. The predicted octanol–water partition coefficient (Wildman–Crippen LogP) is -0.457. The molecule has 0 radical (unpaired) electrons. The number of H-pyrrole nitrogens is 1. The van der Waals surface area contributed by atoms with Crippen LogP contribution in [0.25, 0.3) is 0 Å². The Labute approximate surface area is 95.7 Å². The maximum Gasteiger partial charge on any atom is 0.330 e. The van der Waals surface area contributed by atoms with Gasteiger partial charge in [0.25, 0.3) is 5.56 Å². The fourth-order valence-electron chi connectivity index (χ4n) is 1.89. The van der Waals surface area contributed by atoms with Gasteiger partial charge in [-0.2, -0.15) is 0 Å². The van der Waals surface area contributed by atoms with E-state index in [2.05, 4.69) is 0 Å². The van der Waals surface area contributed by atoms with Gasteiger partial charge in [0.1, 0.15) is 6.10 Å². The van der Waals surface area contributed by atoms with Gasteiger partial charge in [-0.1, -0.05) is 6.92 Å². The zero-order chi connectivity index (χ0) is 12.6. The van der Waals surface area contributed by atoms with Gasteiger partial charge in [0.15, 0.2) is 12.4 Å². The number of nitrogens with zero attached hydrogens (tertiary/aromatic N) is 1. The standard InChI is InChI=1S/C10H13FN2O4/c1-2-5-8(15)7(11)9(17-5)13-4-3-6(14)12-10(13)16/h3-5,7-9,15H,2H2,1H3,(H,12,14,16)/t5-,7-,8?,9-/m1/s1. The number of nitrogens with one attached hydrogen (secondary N) is 1. The van der Waals surface area contributed by atoms with E-state index >= 15 is 0 Å². The lowest BCUT2D eigenvalue weighted by molar-refractivity contribution is -0.0280. The monoisotopic (exact) mass is 244 g/mol. The van der Waals surface area contributed by atoms with Crippen LogP contribution in [0, 0.1) is 0 Å². The van der Waals surface area contributed by atoms with E-state index in [0.717, 1.165) is 16.8 Å². The minimum Gasteiger partial charge on any atom is -0.387 e. The molecule has 0 spiro atoms. The van der Waals surface area contributed by atoms with Gasteiger partial charge in [0, 0.05) is 12.3 Å². The Morgan fingerprint density at radius 3 is 2.82 bits per heavy atom. The highest BCUT2D eigenvalue weighted by Gasteiger charge is 2.44. The number of ether oxygens (including phenoxy) is 1. The molecule has 94 valence electrons. The first-order chi connectivity index (χ1) is 8.04. The van der Waals surface area contributed by atoms with Crippen LogP contribution in [-0.2, 0) is 4.74 Å². The molecule has 1 fully saturated rings. The number of aromatic amines is 1. The van der Waals surface area contributed by atoms with Crippen LogP contribution in [0.15, 0.2) is 21.9 Å². The van der Waals surface area contributed by atoms with Crippen LogP contribution in [-0.4, -0.2) is 33.0 Å². The van der Waals surface area contributed by atoms with Crippen molar-refractivity contribution >= 4 is 0 Å². The molecule has 0 amide bonds. The number of aliphatic hydroxyl groups is 1. The fraction of sp³-hybridized carbons (Fsp3) is 0.600. The second kappa shape index (κ2) is 4.42. The van der Waals surface area contributed by atoms with Gasteiger partial charge in [0.2, 0.25) is 0 Å². The SMILES string of the molecule is CC[C@H]1O[C@@H](n2ccc(=O)[nH]c2=O)[C@H](F)C1O. The lowest BCUT2D eigenvalue weighted by Crippen LogP contribution is -2.35. The molecule has 0 aliphatic carbocycles. The van der Waals surface area contributed by atoms with Crippen molar-refractivity contribution in [2.24, 2.45) is 0 Å². The van der Waals surface area contributed by atoms with Gasteiger partial charge in [-0.15, -0.1) is 0 Å². The molecule has 6 nitrogen and oxygen atoms in total. The molecule has 4 atom stereocenters. The van der Waals surface area contributed by atoms with E-state index in [1.807, 2.05) is 4.98 Å². The molecule has 1 aromatic heterocycles. The van der Waals surface area contributed by atoms with Gasteiger partial charge in [-0.25, -0.2) is 9.18 Å². The molecule has 2 heterocycles.